The topological polar surface area (TPSA) is 98.8 Å². The van der Waals surface area contributed by atoms with Crippen molar-refractivity contribution in [3.63, 3.8) is 0 Å². The first kappa shape index (κ1) is 21.0. The molecule has 4 atom stereocenters. The van der Waals surface area contributed by atoms with E-state index >= 15 is 0 Å². The fourth-order valence-electron chi connectivity index (χ4n) is 3.88. The number of benzene rings is 2. The van der Waals surface area contributed by atoms with E-state index < -0.39 is 45.0 Å². The van der Waals surface area contributed by atoms with Crippen molar-refractivity contribution in [3.8, 4) is 0 Å². The first-order valence-electron chi connectivity index (χ1n) is 9.09. The van der Waals surface area contributed by atoms with Gasteiger partial charge in [0.25, 0.3) is 0 Å². The van der Waals surface area contributed by atoms with Gasteiger partial charge in [-0.25, -0.2) is 8.42 Å². The number of hydrogen-bond acceptors (Lipinski definition) is 7. The minimum atomic E-state index is -4.00. The number of hydrogen-bond donors (Lipinski definition) is 1. The summed E-state index contributed by atoms with van der Waals surface area (Å²) in [7, 11) is -1.64. The standard InChI is InChI=1S/C21H23NO6S/c1-13-9-7-8-12-15(13)17-19(29(25,26)14-10-5-4-6-11-14)16(20(23)27-2)18(22-17)21(24)28-3/h4-12,16-19,22H,1-3H3/t16-,17+,18+,19-/m0/s1. The van der Waals surface area contributed by atoms with Gasteiger partial charge in [0.15, 0.2) is 9.84 Å². The highest BCUT2D eigenvalue weighted by Crippen LogP contribution is 2.41. The summed E-state index contributed by atoms with van der Waals surface area (Å²) in [4.78, 5) is 25.2. The zero-order valence-electron chi connectivity index (χ0n) is 16.4. The number of methoxy groups -OCH3 is 2. The van der Waals surface area contributed by atoms with Crippen LogP contribution in [-0.2, 0) is 28.9 Å². The quantitative estimate of drug-likeness (QED) is 0.741. The third kappa shape index (κ3) is 3.77. The number of sulfone groups is 1. The van der Waals surface area contributed by atoms with Gasteiger partial charge >= 0.3 is 11.9 Å². The van der Waals surface area contributed by atoms with Gasteiger partial charge in [0.2, 0.25) is 0 Å². The molecule has 0 unspecified atom stereocenters. The molecule has 0 saturated carbocycles. The van der Waals surface area contributed by atoms with Gasteiger partial charge in [-0.15, -0.1) is 0 Å². The van der Waals surface area contributed by atoms with E-state index in [1.165, 1.54) is 26.4 Å². The smallest absolute Gasteiger partial charge is 0.323 e. The van der Waals surface area contributed by atoms with Crippen molar-refractivity contribution in [2.24, 2.45) is 5.92 Å². The maximum absolute atomic E-state index is 13.6. The molecule has 1 aliphatic rings. The minimum absolute atomic E-state index is 0.0739. The number of nitrogens with one attached hydrogen (secondary N) is 1. The average molecular weight is 417 g/mol. The lowest BCUT2D eigenvalue weighted by Crippen LogP contribution is -2.43. The van der Waals surface area contributed by atoms with Crippen LogP contribution in [0, 0.1) is 12.8 Å². The molecule has 0 bridgehead atoms. The van der Waals surface area contributed by atoms with Gasteiger partial charge in [-0.3, -0.25) is 14.9 Å². The van der Waals surface area contributed by atoms with E-state index in [4.69, 9.17) is 9.47 Å². The molecule has 1 saturated heterocycles. The molecule has 0 amide bonds. The fourth-order valence-corrected chi connectivity index (χ4v) is 5.97. The molecule has 0 spiro atoms. The van der Waals surface area contributed by atoms with E-state index in [0.29, 0.717) is 5.56 Å². The van der Waals surface area contributed by atoms with Crippen molar-refractivity contribution in [2.75, 3.05) is 14.2 Å². The summed E-state index contributed by atoms with van der Waals surface area (Å²) in [6.45, 7) is 1.85. The van der Waals surface area contributed by atoms with Crippen molar-refractivity contribution >= 4 is 21.8 Å². The minimum Gasteiger partial charge on any atom is -0.469 e. The summed E-state index contributed by atoms with van der Waals surface area (Å²) in [6.07, 6.45) is 0. The van der Waals surface area contributed by atoms with Crippen molar-refractivity contribution < 1.29 is 27.5 Å². The SMILES string of the molecule is COC(=O)[C@@H]1[C@H](S(=O)(=O)c2ccccc2)[C@@H](c2ccccc2C)N[C@H]1C(=O)OC. The molecule has 3 rings (SSSR count). The van der Waals surface area contributed by atoms with E-state index in [-0.39, 0.29) is 4.90 Å². The second-order valence-corrected chi connectivity index (χ2v) is 8.98. The van der Waals surface area contributed by atoms with Crippen LogP contribution in [0.4, 0.5) is 0 Å². The van der Waals surface area contributed by atoms with Crippen LogP contribution >= 0.6 is 0 Å². The summed E-state index contributed by atoms with van der Waals surface area (Å²) in [5.41, 5.74) is 1.53. The number of rotatable bonds is 5. The Labute approximate surface area is 169 Å². The molecule has 1 aliphatic heterocycles. The van der Waals surface area contributed by atoms with E-state index in [1.807, 2.05) is 19.1 Å². The third-order valence-corrected chi connectivity index (χ3v) is 7.49. The number of esters is 2. The van der Waals surface area contributed by atoms with E-state index in [2.05, 4.69) is 5.32 Å². The summed E-state index contributed by atoms with van der Waals surface area (Å²) in [5.74, 6) is -2.76. The molecule has 2 aromatic rings. The molecule has 0 aliphatic carbocycles. The molecule has 2 aromatic carbocycles. The van der Waals surface area contributed by atoms with Crippen LogP contribution in [0.25, 0.3) is 0 Å². The van der Waals surface area contributed by atoms with Crippen molar-refractivity contribution in [1.29, 1.82) is 0 Å². The van der Waals surface area contributed by atoms with Crippen LogP contribution < -0.4 is 5.32 Å². The first-order valence-corrected chi connectivity index (χ1v) is 10.6. The Kier molecular flexibility index (Phi) is 6.04. The Morgan fingerprint density at radius 3 is 2.07 bits per heavy atom. The number of aryl methyl sites for hydroxylation is 1. The van der Waals surface area contributed by atoms with Crippen LogP contribution in [0.3, 0.4) is 0 Å². The maximum atomic E-state index is 13.6. The second kappa shape index (κ2) is 8.34. The Morgan fingerprint density at radius 1 is 0.897 bits per heavy atom. The second-order valence-electron chi connectivity index (χ2n) is 6.87. The van der Waals surface area contributed by atoms with Crippen LogP contribution in [0.1, 0.15) is 17.2 Å². The van der Waals surface area contributed by atoms with E-state index in [1.54, 1.807) is 30.3 Å². The zero-order valence-corrected chi connectivity index (χ0v) is 17.2. The van der Waals surface area contributed by atoms with Gasteiger partial charge in [0.05, 0.1) is 25.2 Å². The fraction of sp³-hybridized carbons (Fsp3) is 0.333. The molecular weight excluding hydrogens is 394 g/mol. The molecule has 29 heavy (non-hydrogen) atoms. The molecular formula is C21H23NO6S. The van der Waals surface area contributed by atoms with Crippen molar-refractivity contribution in [3.05, 3.63) is 65.7 Å². The molecule has 0 radical (unpaired) electrons. The Bertz CT molecular complexity index is 1000. The van der Waals surface area contributed by atoms with E-state index in [9.17, 15) is 18.0 Å². The molecule has 1 fully saturated rings. The van der Waals surface area contributed by atoms with Gasteiger partial charge in [0, 0.05) is 0 Å². The largest absolute Gasteiger partial charge is 0.469 e. The Morgan fingerprint density at radius 2 is 1.48 bits per heavy atom. The lowest BCUT2D eigenvalue weighted by atomic mass is 9.94. The lowest BCUT2D eigenvalue weighted by molar-refractivity contribution is -0.153. The summed E-state index contributed by atoms with van der Waals surface area (Å²) in [5, 5.41) is 1.79. The summed E-state index contributed by atoms with van der Waals surface area (Å²) >= 11 is 0. The molecule has 8 heteroatoms. The normalized spacial score (nSPS) is 24.1. The highest BCUT2D eigenvalue weighted by Gasteiger charge is 2.57. The number of ether oxygens (including phenoxy) is 2. The summed E-state index contributed by atoms with van der Waals surface area (Å²) in [6, 6.07) is 13.2. The molecule has 1 heterocycles. The molecule has 7 nitrogen and oxygen atoms in total. The predicted molar refractivity (Wildman–Crippen MR) is 106 cm³/mol. The van der Waals surface area contributed by atoms with Crippen LogP contribution in [0.5, 0.6) is 0 Å². The van der Waals surface area contributed by atoms with Gasteiger partial charge < -0.3 is 9.47 Å². The maximum Gasteiger partial charge on any atom is 0.323 e. The monoisotopic (exact) mass is 417 g/mol. The third-order valence-electron chi connectivity index (χ3n) is 5.28. The Hall–Kier alpha value is -2.71. The van der Waals surface area contributed by atoms with Crippen molar-refractivity contribution in [2.45, 2.75) is 29.2 Å². The van der Waals surface area contributed by atoms with Crippen molar-refractivity contribution in [1.82, 2.24) is 5.32 Å². The van der Waals surface area contributed by atoms with Gasteiger partial charge in [0.1, 0.15) is 17.2 Å². The van der Waals surface area contributed by atoms with Gasteiger partial charge in [-0.2, -0.15) is 0 Å². The van der Waals surface area contributed by atoms with Crippen LogP contribution in [0.2, 0.25) is 0 Å². The highest BCUT2D eigenvalue weighted by molar-refractivity contribution is 7.92. The highest BCUT2D eigenvalue weighted by atomic mass is 32.2. The van der Waals surface area contributed by atoms with Crippen LogP contribution in [0.15, 0.2) is 59.5 Å². The lowest BCUT2D eigenvalue weighted by Gasteiger charge is -2.24. The van der Waals surface area contributed by atoms with Gasteiger partial charge in [-0.05, 0) is 30.2 Å². The predicted octanol–water partition coefficient (Wildman–Crippen LogP) is 1.81. The number of carbonyl (C=O) groups is 2. The first-order chi connectivity index (χ1) is 13.8. The summed E-state index contributed by atoms with van der Waals surface area (Å²) < 4.78 is 37.0. The van der Waals surface area contributed by atoms with Crippen LogP contribution in [-0.4, -0.2) is 45.9 Å². The Balaban J connectivity index is 2.22. The molecule has 1 N–H and O–H groups in total. The van der Waals surface area contributed by atoms with E-state index in [0.717, 1.165) is 5.56 Å². The zero-order chi connectivity index (χ0) is 21.2. The van der Waals surface area contributed by atoms with Gasteiger partial charge in [-0.1, -0.05) is 42.5 Å². The molecule has 0 aromatic heterocycles. The average Bonchev–Trinajstić information content (AvgIpc) is 3.14. The number of carbonyl (C=O) groups excluding carboxylic acids is 2. The molecule has 154 valence electrons.